The molecule has 1 aliphatic rings. The first-order valence-electron chi connectivity index (χ1n) is 7.81. The van der Waals surface area contributed by atoms with E-state index in [4.69, 9.17) is 20.5 Å². The van der Waals surface area contributed by atoms with Crippen LogP contribution in [0.2, 0.25) is 6.32 Å². The molecule has 1 aliphatic heterocycles. The highest BCUT2D eigenvalue weighted by molar-refractivity contribution is 6.40. The number of nitrogens with two attached hydrogens (primary N) is 1. The average molecular weight is 363 g/mol. The number of unbranched alkanes of at least 4 members (excludes halogenated alkanes) is 1. The molecule has 1 unspecified atom stereocenters. The standard InChI is InChI=1S/C12H23BN6O4.ClH/c14-10(3-1-2-4-13(21)22)12-15-16-17-19(12)9-11(20)18-5-7-23-8-6-18;/h10,21-22H,1-9,14H2;1H. The van der Waals surface area contributed by atoms with Crippen LogP contribution in [0.3, 0.4) is 0 Å². The average Bonchev–Trinajstić information content (AvgIpc) is 3.00. The molecule has 0 bridgehead atoms. The molecule has 4 N–H and O–H groups in total. The highest BCUT2D eigenvalue weighted by Gasteiger charge is 2.21. The summed E-state index contributed by atoms with van der Waals surface area (Å²) in [6, 6.07) is -0.390. The summed E-state index contributed by atoms with van der Waals surface area (Å²) in [5, 5.41) is 29.0. The van der Waals surface area contributed by atoms with Gasteiger partial charge in [0, 0.05) is 13.1 Å². The van der Waals surface area contributed by atoms with Gasteiger partial charge in [0.2, 0.25) is 5.91 Å². The number of rotatable bonds is 8. The van der Waals surface area contributed by atoms with E-state index in [1.807, 2.05) is 0 Å². The van der Waals surface area contributed by atoms with E-state index in [0.717, 1.165) is 6.42 Å². The van der Waals surface area contributed by atoms with Crippen LogP contribution in [0.25, 0.3) is 0 Å². The zero-order chi connectivity index (χ0) is 16.7. The molecule has 0 spiro atoms. The summed E-state index contributed by atoms with van der Waals surface area (Å²) < 4.78 is 6.66. The quantitative estimate of drug-likeness (QED) is 0.379. The molecular weight excluding hydrogens is 338 g/mol. The van der Waals surface area contributed by atoms with E-state index in [1.165, 1.54) is 4.68 Å². The summed E-state index contributed by atoms with van der Waals surface area (Å²) in [6.45, 7) is 2.30. The molecule has 136 valence electrons. The van der Waals surface area contributed by atoms with Gasteiger partial charge < -0.3 is 25.4 Å². The van der Waals surface area contributed by atoms with Crippen molar-refractivity contribution in [3.8, 4) is 0 Å². The number of hydrogen-bond donors (Lipinski definition) is 3. The number of carbonyl (C=O) groups excluding carboxylic acids is 1. The first-order valence-corrected chi connectivity index (χ1v) is 7.81. The Labute approximate surface area is 146 Å². The maximum absolute atomic E-state index is 12.2. The van der Waals surface area contributed by atoms with Crippen LogP contribution in [0.5, 0.6) is 0 Å². The molecular formula is C12H24BClN6O4. The molecule has 0 saturated carbocycles. The minimum absolute atomic E-state index is 0. The van der Waals surface area contributed by atoms with Crippen LogP contribution in [-0.4, -0.2) is 74.5 Å². The topological polar surface area (TPSA) is 140 Å². The van der Waals surface area contributed by atoms with Crippen LogP contribution in [0.1, 0.15) is 31.1 Å². The third-order valence-corrected chi connectivity index (χ3v) is 3.77. The van der Waals surface area contributed by atoms with Crippen molar-refractivity contribution in [1.29, 1.82) is 0 Å². The Morgan fingerprint density at radius 3 is 2.71 bits per heavy atom. The summed E-state index contributed by atoms with van der Waals surface area (Å²) in [6.07, 6.45) is 2.30. The van der Waals surface area contributed by atoms with Crippen LogP contribution in [0.15, 0.2) is 0 Å². The van der Waals surface area contributed by atoms with Gasteiger partial charge in [0.1, 0.15) is 6.54 Å². The maximum Gasteiger partial charge on any atom is 0.451 e. The number of aromatic nitrogens is 4. The van der Waals surface area contributed by atoms with Gasteiger partial charge >= 0.3 is 7.12 Å². The summed E-state index contributed by atoms with van der Waals surface area (Å²) in [7, 11) is -1.29. The van der Waals surface area contributed by atoms with Crippen molar-refractivity contribution in [1.82, 2.24) is 25.1 Å². The van der Waals surface area contributed by atoms with Crippen LogP contribution < -0.4 is 5.73 Å². The monoisotopic (exact) mass is 362 g/mol. The van der Waals surface area contributed by atoms with Gasteiger partial charge in [0.05, 0.1) is 19.3 Å². The van der Waals surface area contributed by atoms with E-state index in [-0.39, 0.29) is 24.9 Å². The van der Waals surface area contributed by atoms with Crippen molar-refractivity contribution in [2.24, 2.45) is 5.73 Å². The normalized spacial score (nSPS) is 15.7. The summed E-state index contributed by atoms with van der Waals surface area (Å²) >= 11 is 0. The van der Waals surface area contributed by atoms with Crippen molar-refractivity contribution in [3.63, 3.8) is 0 Å². The number of morpholine rings is 1. The Morgan fingerprint density at radius 1 is 1.33 bits per heavy atom. The van der Waals surface area contributed by atoms with Crippen molar-refractivity contribution in [3.05, 3.63) is 5.82 Å². The second-order valence-corrected chi connectivity index (χ2v) is 5.56. The van der Waals surface area contributed by atoms with Gasteiger partial charge in [-0.05, 0) is 23.2 Å². The largest absolute Gasteiger partial charge is 0.451 e. The molecule has 12 heteroatoms. The number of carbonyl (C=O) groups is 1. The van der Waals surface area contributed by atoms with Gasteiger partial charge in [-0.15, -0.1) is 17.5 Å². The molecule has 0 aliphatic carbocycles. The number of ether oxygens (including phenoxy) is 1. The molecule has 0 radical (unpaired) electrons. The summed E-state index contributed by atoms with van der Waals surface area (Å²) in [4.78, 5) is 14.0. The lowest BCUT2D eigenvalue weighted by molar-refractivity contribution is -0.136. The molecule has 1 aromatic rings. The number of hydrogen-bond acceptors (Lipinski definition) is 8. The van der Waals surface area contributed by atoms with Crippen LogP contribution in [0.4, 0.5) is 0 Å². The van der Waals surface area contributed by atoms with Crippen molar-refractivity contribution >= 4 is 25.4 Å². The van der Waals surface area contributed by atoms with Crippen molar-refractivity contribution in [2.45, 2.75) is 38.2 Å². The fourth-order valence-corrected chi connectivity index (χ4v) is 2.45. The lowest BCUT2D eigenvalue weighted by Gasteiger charge is -2.26. The molecule has 1 amide bonds. The lowest BCUT2D eigenvalue weighted by atomic mass is 9.83. The third kappa shape index (κ3) is 6.32. The maximum atomic E-state index is 12.2. The molecule has 0 aromatic carbocycles. The smallest absolute Gasteiger partial charge is 0.427 e. The second kappa shape index (κ2) is 10.6. The highest BCUT2D eigenvalue weighted by Crippen LogP contribution is 2.15. The second-order valence-electron chi connectivity index (χ2n) is 5.56. The van der Waals surface area contributed by atoms with Crippen LogP contribution in [-0.2, 0) is 16.1 Å². The lowest BCUT2D eigenvalue weighted by Crippen LogP contribution is -2.42. The Kier molecular flexibility index (Phi) is 9.15. The minimum atomic E-state index is -1.29. The Balaban J connectivity index is 0.00000288. The number of halogens is 1. The van der Waals surface area contributed by atoms with E-state index in [9.17, 15) is 4.79 Å². The van der Waals surface area contributed by atoms with Gasteiger partial charge in [-0.1, -0.05) is 12.8 Å². The summed E-state index contributed by atoms with van der Waals surface area (Å²) in [5.41, 5.74) is 6.08. The molecule has 1 aromatic heterocycles. The molecule has 1 saturated heterocycles. The number of amides is 1. The van der Waals surface area contributed by atoms with Crippen LogP contribution >= 0.6 is 12.4 Å². The first-order chi connectivity index (χ1) is 11.1. The van der Waals surface area contributed by atoms with Gasteiger partial charge in [-0.3, -0.25) is 4.79 Å². The fraction of sp³-hybridized carbons (Fsp3) is 0.833. The zero-order valence-corrected chi connectivity index (χ0v) is 14.3. The fourth-order valence-electron chi connectivity index (χ4n) is 2.45. The molecule has 2 heterocycles. The predicted octanol–water partition coefficient (Wildman–Crippen LogP) is -1.40. The van der Waals surface area contributed by atoms with E-state index >= 15 is 0 Å². The van der Waals surface area contributed by atoms with Crippen LogP contribution in [0, 0.1) is 0 Å². The Hall–Kier alpha value is -1.27. The van der Waals surface area contributed by atoms with E-state index in [1.54, 1.807) is 4.90 Å². The van der Waals surface area contributed by atoms with E-state index in [2.05, 4.69) is 15.5 Å². The third-order valence-electron chi connectivity index (χ3n) is 3.77. The molecule has 10 nitrogen and oxygen atoms in total. The summed E-state index contributed by atoms with van der Waals surface area (Å²) in [5.74, 6) is 0.411. The molecule has 2 rings (SSSR count). The molecule has 1 atom stereocenters. The highest BCUT2D eigenvalue weighted by atomic mass is 35.5. The first kappa shape index (κ1) is 20.8. The van der Waals surface area contributed by atoms with E-state index in [0.29, 0.717) is 51.3 Å². The van der Waals surface area contributed by atoms with Gasteiger partial charge in [-0.2, -0.15) is 0 Å². The molecule has 24 heavy (non-hydrogen) atoms. The predicted molar refractivity (Wildman–Crippen MR) is 88.2 cm³/mol. The van der Waals surface area contributed by atoms with Crippen molar-refractivity contribution in [2.75, 3.05) is 26.3 Å². The van der Waals surface area contributed by atoms with E-state index < -0.39 is 13.2 Å². The zero-order valence-electron chi connectivity index (χ0n) is 13.5. The van der Waals surface area contributed by atoms with Gasteiger partial charge in [0.15, 0.2) is 5.82 Å². The number of tetrazole rings is 1. The van der Waals surface area contributed by atoms with Crippen molar-refractivity contribution < 1.29 is 19.6 Å². The number of nitrogens with zero attached hydrogens (tertiary/aromatic N) is 5. The van der Waals surface area contributed by atoms with Gasteiger partial charge in [-0.25, -0.2) is 4.68 Å². The SMILES string of the molecule is Cl.NC(CCCCB(O)O)c1nnnn1CC(=O)N1CCOCC1. The Morgan fingerprint density at radius 2 is 2.04 bits per heavy atom. The van der Waals surface area contributed by atoms with Gasteiger partial charge in [0.25, 0.3) is 0 Å². The minimum Gasteiger partial charge on any atom is -0.427 e. The Bertz CT molecular complexity index is 500. The molecule has 1 fully saturated rings.